The van der Waals surface area contributed by atoms with Crippen LogP contribution in [0.4, 0.5) is 5.82 Å². The van der Waals surface area contributed by atoms with Crippen molar-refractivity contribution in [2.45, 2.75) is 69.8 Å². The molecule has 0 radical (unpaired) electrons. The van der Waals surface area contributed by atoms with Crippen molar-refractivity contribution in [3.05, 3.63) is 30.0 Å². The molecule has 3 aromatic rings. The van der Waals surface area contributed by atoms with Crippen molar-refractivity contribution in [3.8, 4) is 23.8 Å². The smallest absolute Gasteiger partial charge is 0.246 e. The van der Waals surface area contributed by atoms with E-state index in [0.29, 0.717) is 17.8 Å². The minimum absolute atomic E-state index is 0.430. The lowest BCUT2D eigenvalue weighted by atomic mass is 10.2. The van der Waals surface area contributed by atoms with E-state index in [1.54, 1.807) is 18.0 Å². The first-order valence-electron chi connectivity index (χ1n) is 10.1. The second-order valence-corrected chi connectivity index (χ2v) is 8.20. The fourth-order valence-electron chi connectivity index (χ4n) is 3.25. The number of hydrogen-bond donors (Lipinski definition) is 1. The summed E-state index contributed by atoms with van der Waals surface area (Å²) in [5.74, 6) is 3.98. The molecule has 30 heavy (non-hydrogen) atoms. The molecule has 1 aromatic carbocycles. The Morgan fingerprint density at radius 2 is 1.93 bits per heavy atom. The maximum Gasteiger partial charge on any atom is 0.246 e. The summed E-state index contributed by atoms with van der Waals surface area (Å²) in [7, 11) is 0. The maximum atomic E-state index is 6.06. The van der Waals surface area contributed by atoms with Crippen LogP contribution >= 0.6 is 11.8 Å². The van der Waals surface area contributed by atoms with Gasteiger partial charge >= 0.3 is 0 Å². The third-order valence-electron chi connectivity index (χ3n) is 4.52. The van der Waals surface area contributed by atoms with Crippen LogP contribution in [0.3, 0.4) is 0 Å². The first-order valence-corrected chi connectivity index (χ1v) is 10.9. The summed E-state index contributed by atoms with van der Waals surface area (Å²) in [5.41, 5.74) is 8.83. The third-order valence-corrected chi connectivity index (χ3v) is 5.67. The van der Waals surface area contributed by atoms with Gasteiger partial charge in [-0.15, -0.1) is 12.3 Å². The molecule has 0 bridgehead atoms. The predicted octanol–water partition coefficient (Wildman–Crippen LogP) is 5.42. The lowest BCUT2D eigenvalue weighted by Gasteiger charge is -2.16. The Bertz CT molecular complexity index is 1100. The lowest BCUT2D eigenvalue weighted by molar-refractivity contribution is -0.0432. The zero-order valence-electron chi connectivity index (χ0n) is 18.2. The summed E-state index contributed by atoms with van der Waals surface area (Å²) in [6, 6.07) is 5.96. The molecule has 0 aliphatic carbocycles. The fraction of sp³-hybridized carbons (Fsp3) is 0.391. The summed E-state index contributed by atoms with van der Waals surface area (Å²) in [4.78, 5) is 9.99. The van der Waals surface area contributed by atoms with Gasteiger partial charge in [0.2, 0.25) is 5.79 Å². The van der Waals surface area contributed by atoms with E-state index < -0.39 is 5.79 Å². The van der Waals surface area contributed by atoms with E-state index >= 15 is 0 Å². The number of fused-ring (bicyclic) bond motifs is 2. The van der Waals surface area contributed by atoms with E-state index in [1.165, 1.54) is 0 Å². The van der Waals surface area contributed by atoms with Crippen LogP contribution in [-0.4, -0.2) is 20.3 Å². The number of rotatable bonds is 5. The predicted molar refractivity (Wildman–Crippen MR) is 122 cm³/mol. The van der Waals surface area contributed by atoms with E-state index in [0.717, 1.165) is 45.6 Å². The molecule has 0 amide bonds. The Balaban J connectivity index is 0.00000124. The minimum atomic E-state index is -0.652. The first kappa shape index (κ1) is 21.8. The first-order chi connectivity index (χ1) is 14.4. The van der Waals surface area contributed by atoms with Gasteiger partial charge < -0.3 is 19.8 Å². The number of terminal acetylenes is 1. The monoisotopic (exact) mass is 424 g/mol. The third kappa shape index (κ3) is 4.34. The number of benzene rings is 1. The minimum Gasteiger partial charge on any atom is -0.449 e. The largest absolute Gasteiger partial charge is 0.449 e. The van der Waals surface area contributed by atoms with Crippen molar-refractivity contribution < 1.29 is 9.47 Å². The van der Waals surface area contributed by atoms with Crippen molar-refractivity contribution in [1.29, 1.82) is 0 Å². The number of unbranched alkanes of at least 4 members (excludes halogenated alkanes) is 1. The van der Waals surface area contributed by atoms with Crippen LogP contribution in [0.25, 0.3) is 11.0 Å². The summed E-state index contributed by atoms with van der Waals surface area (Å²) < 4.78 is 13.9. The van der Waals surface area contributed by atoms with Crippen LogP contribution in [0.2, 0.25) is 0 Å². The summed E-state index contributed by atoms with van der Waals surface area (Å²) >= 11 is 1.58. The van der Waals surface area contributed by atoms with E-state index in [9.17, 15) is 0 Å². The Morgan fingerprint density at radius 3 is 2.63 bits per heavy atom. The number of imidazole rings is 1. The van der Waals surface area contributed by atoms with Gasteiger partial charge in [0, 0.05) is 37.9 Å². The number of nitrogens with two attached hydrogens (primary N) is 1. The van der Waals surface area contributed by atoms with E-state index in [2.05, 4.69) is 22.4 Å². The van der Waals surface area contributed by atoms with Crippen molar-refractivity contribution in [3.63, 3.8) is 0 Å². The molecule has 0 fully saturated rings. The second-order valence-electron chi connectivity index (χ2n) is 7.19. The molecule has 7 heteroatoms. The maximum absolute atomic E-state index is 6.06. The van der Waals surface area contributed by atoms with E-state index in [-0.39, 0.29) is 0 Å². The van der Waals surface area contributed by atoms with Gasteiger partial charge in [-0.05, 0) is 37.1 Å². The number of aromatic nitrogens is 3. The molecule has 2 N–H and O–H groups in total. The second kappa shape index (κ2) is 8.88. The average molecular weight is 425 g/mol. The molecule has 3 heterocycles. The SMILES string of the molecule is C#CCCCn1c(Sc2cc3c(cc2C)OC(C)(C)O3)nc2c(N)nccc21.CC. The number of ether oxygens (including phenoxy) is 2. The van der Waals surface area contributed by atoms with Gasteiger partial charge in [0.1, 0.15) is 5.52 Å². The van der Waals surface area contributed by atoms with Crippen LogP contribution < -0.4 is 15.2 Å². The Hall–Kier alpha value is -2.85. The van der Waals surface area contributed by atoms with Crippen LogP contribution in [0.1, 0.15) is 46.1 Å². The fourth-order valence-corrected chi connectivity index (χ4v) is 4.26. The molecule has 2 aromatic heterocycles. The normalized spacial score (nSPS) is 13.6. The zero-order valence-corrected chi connectivity index (χ0v) is 19.0. The van der Waals surface area contributed by atoms with Gasteiger partial charge in [0.15, 0.2) is 22.5 Å². The van der Waals surface area contributed by atoms with Gasteiger partial charge in [-0.1, -0.05) is 25.6 Å². The van der Waals surface area contributed by atoms with Crippen molar-refractivity contribution in [2.75, 3.05) is 5.73 Å². The highest BCUT2D eigenvalue weighted by Crippen LogP contribution is 2.44. The summed E-state index contributed by atoms with van der Waals surface area (Å²) in [6.07, 6.45) is 8.71. The molecule has 6 nitrogen and oxygen atoms in total. The highest BCUT2D eigenvalue weighted by molar-refractivity contribution is 7.99. The molecule has 158 valence electrons. The number of hydrogen-bond acceptors (Lipinski definition) is 6. The van der Waals surface area contributed by atoms with Crippen molar-refractivity contribution >= 4 is 28.6 Å². The van der Waals surface area contributed by atoms with E-state index in [1.807, 2.05) is 45.9 Å². The molecule has 0 unspecified atom stereocenters. The van der Waals surface area contributed by atoms with E-state index in [4.69, 9.17) is 26.6 Å². The molecule has 4 rings (SSSR count). The van der Waals surface area contributed by atoms with Crippen LogP contribution in [-0.2, 0) is 6.54 Å². The standard InChI is InChI=1S/C21H22N4O2S.C2H6/c1-5-6-7-10-25-14-8-9-23-19(22)18(14)24-20(25)28-17-12-16-15(11-13(17)2)26-21(3,4)27-16;1-2/h1,8-9,11-12H,6-7,10H2,2-4H3,(H2,22,23);1-2H3. The average Bonchev–Trinajstić information content (AvgIpc) is 3.20. The Morgan fingerprint density at radius 1 is 1.23 bits per heavy atom. The van der Waals surface area contributed by atoms with Crippen molar-refractivity contribution in [1.82, 2.24) is 14.5 Å². The number of nitrogen functional groups attached to an aromatic ring is 1. The zero-order chi connectivity index (χ0) is 21.9. The van der Waals surface area contributed by atoms with Crippen LogP contribution in [0.15, 0.2) is 34.4 Å². The van der Waals surface area contributed by atoms with Crippen molar-refractivity contribution in [2.24, 2.45) is 0 Å². The Kier molecular flexibility index (Phi) is 6.47. The van der Waals surface area contributed by atoms with Crippen LogP contribution in [0, 0.1) is 19.3 Å². The number of pyridine rings is 1. The summed E-state index contributed by atoms with van der Waals surface area (Å²) in [5, 5.41) is 0.855. The van der Waals surface area contributed by atoms with Gasteiger partial charge in [-0.2, -0.15) is 0 Å². The lowest BCUT2D eigenvalue weighted by Crippen LogP contribution is -2.29. The number of anilines is 1. The van der Waals surface area contributed by atoms with Gasteiger partial charge in [-0.25, -0.2) is 9.97 Å². The molecule has 0 saturated carbocycles. The number of aryl methyl sites for hydroxylation is 2. The molecule has 0 saturated heterocycles. The molecular formula is C23H28N4O2S. The molecule has 1 aliphatic heterocycles. The number of nitrogens with zero attached hydrogens (tertiary/aromatic N) is 3. The molecule has 0 spiro atoms. The van der Waals surface area contributed by atoms with Gasteiger partial charge in [0.25, 0.3) is 0 Å². The molecule has 0 atom stereocenters. The van der Waals surface area contributed by atoms with Crippen LogP contribution in [0.5, 0.6) is 11.5 Å². The highest BCUT2D eigenvalue weighted by atomic mass is 32.2. The highest BCUT2D eigenvalue weighted by Gasteiger charge is 2.32. The quantitative estimate of drug-likeness (QED) is 0.435. The Labute approximate surface area is 182 Å². The van der Waals surface area contributed by atoms with Gasteiger partial charge in [-0.3, -0.25) is 0 Å². The summed E-state index contributed by atoms with van der Waals surface area (Å²) in [6.45, 7) is 10.6. The molecule has 1 aliphatic rings. The van der Waals surface area contributed by atoms with Gasteiger partial charge in [0.05, 0.1) is 5.52 Å². The topological polar surface area (TPSA) is 75.2 Å². The molecular weight excluding hydrogens is 396 g/mol.